The first-order chi connectivity index (χ1) is 8.52. The summed E-state index contributed by atoms with van der Waals surface area (Å²) in [6, 6.07) is -0.347. The van der Waals surface area contributed by atoms with E-state index in [4.69, 9.17) is 5.73 Å². The summed E-state index contributed by atoms with van der Waals surface area (Å²) >= 11 is 0. The average molecular weight is 255 g/mol. The first kappa shape index (κ1) is 15.4. The Morgan fingerprint density at radius 2 is 2.00 bits per heavy atom. The molecule has 0 aromatic rings. The maximum atomic E-state index is 11.8. The molecule has 0 saturated carbocycles. The van der Waals surface area contributed by atoms with Crippen molar-refractivity contribution < 1.29 is 4.79 Å². The summed E-state index contributed by atoms with van der Waals surface area (Å²) in [6.45, 7) is 10.6. The number of nitrogens with one attached hydrogen (secondary N) is 1. The molecule has 0 radical (unpaired) electrons. The third kappa shape index (κ3) is 5.36. The van der Waals surface area contributed by atoms with Gasteiger partial charge in [-0.1, -0.05) is 20.8 Å². The van der Waals surface area contributed by atoms with Crippen LogP contribution < -0.4 is 11.1 Å². The maximum absolute atomic E-state index is 11.8. The van der Waals surface area contributed by atoms with E-state index in [0.29, 0.717) is 11.8 Å². The fraction of sp³-hybridized carbons (Fsp3) is 0.929. The number of likely N-dealkylation sites (tertiary alicyclic amines) is 1. The van der Waals surface area contributed by atoms with Crippen molar-refractivity contribution in [1.82, 2.24) is 10.2 Å². The van der Waals surface area contributed by atoms with Crippen LogP contribution in [0.1, 0.15) is 40.0 Å². The van der Waals surface area contributed by atoms with Gasteiger partial charge in [0.15, 0.2) is 0 Å². The lowest BCUT2D eigenvalue weighted by molar-refractivity contribution is -0.122. The highest BCUT2D eigenvalue weighted by molar-refractivity contribution is 5.81. The average Bonchev–Trinajstić information content (AvgIpc) is 2.35. The Labute approximate surface area is 111 Å². The van der Waals surface area contributed by atoms with Crippen LogP contribution in [0.4, 0.5) is 0 Å². The summed E-state index contributed by atoms with van der Waals surface area (Å²) in [7, 11) is 0. The van der Waals surface area contributed by atoms with Gasteiger partial charge < -0.3 is 16.0 Å². The Hall–Kier alpha value is -0.610. The molecular weight excluding hydrogens is 226 g/mol. The van der Waals surface area contributed by atoms with Gasteiger partial charge in [-0.05, 0) is 50.7 Å². The molecule has 1 aliphatic heterocycles. The highest BCUT2D eigenvalue weighted by atomic mass is 16.2. The van der Waals surface area contributed by atoms with Crippen molar-refractivity contribution in [3.05, 3.63) is 0 Å². The lowest BCUT2D eigenvalue weighted by Gasteiger charge is -2.31. The van der Waals surface area contributed by atoms with E-state index < -0.39 is 0 Å². The number of amides is 1. The summed E-state index contributed by atoms with van der Waals surface area (Å²) in [4.78, 5) is 14.3. The van der Waals surface area contributed by atoms with Gasteiger partial charge in [0.05, 0.1) is 6.04 Å². The van der Waals surface area contributed by atoms with Crippen molar-refractivity contribution in [3.8, 4) is 0 Å². The van der Waals surface area contributed by atoms with Gasteiger partial charge in [-0.15, -0.1) is 0 Å². The predicted molar refractivity (Wildman–Crippen MR) is 75.3 cm³/mol. The van der Waals surface area contributed by atoms with E-state index in [2.05, 4.69) is 31.0 Å². The van der Waals surface area contributed by atoms with Gasteiger partial charge in [0, 0.05) is 6.54 Å². The second-order valence-corrected chi connectivity index (χ2v) is 5.86. The molecule has 1 heterocycles. The molecule has 3 N–H and O–H groups in total. The van der Waals surface area contributed by atoms with Crippen LogP contribution in [0, 0.1) is 11.8 Å². The highest BCUT2D eigenvalue weighted by Crippen LogP contribution is 2.15. The summed E-state index contributed by atoms with van der Waals surface area (Å²) in [6.07, 6.45) is 3.14. The number of carbonyl (C=O) groups is 1. The number of carbonyl (C=O) groups excluding carboxylic acids is 1. The van der Waals surface area contributed by atoms with Crippen molar-refractivity contribution >= 4 is 5.91 Å². The van der Waals surface area contributed by atoms with Crippen LogP contribution in [0.5, 0.6) is 0 Å². The molecule has 1 saturated heterocycles. The van der Waals surface area contributed by atoms with Gasteiger partial charge in [-0.25, -0.2) is 0 Å². The van der Waals surface area contributed by atoms with Gasteiger partial charge in [-0.3, -0.25) is 4.79 Å². The molecule has 4 nitrogen and oxygen atoms in total. The Bertz CT molecular complexity index is 247. The van der Waals surface area contributed by atoms with E-state index >= 15 is 0 Å². The number of rotatable bonds is 6. The number of hydrogen-bond acceptors (Lipinski definition) is 3. The first-order valence-electron chi connectivity index (χ1n) is 7.28. The van der Waals surface area contributed by atoms with E-state index in [-0.39, 0.29) is 11.9 Å². The zero-order valence-electron chi connectivity index (χ0n) is 12.1. The lowest BCUT2D eigenvalue weighted by atomic mass is 9.96. The van der Waals surface area contributed by atoms with Crippen molar-refractivity contribution in [3.63, 3.8) is 0 Å². The molecule has 18 heavy (non-hydrogen) atoms. The topological polar surface area (TPSA) is 58.4 Å². The van der Waals surface area contributed by atoms with E-state index in [1.807, 2.05) is 0 Å². The number of piperidine rings is 1. The molecule has 1 rings (SSSR count). The molecule has 0 unspecified atom stereocenters. The molecule has 0 spiro atoms. The Balaban J connectivity index is 2.19. The van der Waals surface area contributed by atoms with Crippen molar-refractivity contribution in [2.45, 2.75) is 46.1 Å². The second kappa shape index (κ2) is 7.74. The summed E-state index contributed by atoms with van der Waals surface area (Å²) in [5, 5.41) is 3.01. The summed E-state index contributed by atoms with van der Waals surface area (Å²) < 4.78 is 0. The van der Waals surface area contributed by atoms with Gasteiger partial charge in [0.2, 0.25) is 5.91 Å². The van der Waals surface area contributed by atoms with Crippen LogP contribution in [0.15, 0.2) is 0 Å². The number of hydrogen-bond donors (Lipinski definition) is 2. The van der Waals surface area contributed by atoms with Crippen LogP contribution >= 0.6 is 0 Å². The van der Waals surface area contributed by atoms with Crippen LogP contribution in [0.3, 0.4) is 0 Å². The molecule has 1 fully saturated rings. The Morgan fingerprint density at radius 1 is 1.39 bits per heavy atom. The Kier molecular flexibility index (Phi) is 6.65. The molecule has 0 bridgehead atoms. The molecule has 0 aromatic heterocycles. The number of nitrogens with two attached hydrogens (primary N) is 1. The minimum atomic E-state index is -0.347. The van der Waals surface area contributed by atoms with Gasteiger partial charge in [0.1, 0.15) is 0 Å². The van der Waals surface area contributed by atoms with Gasteiger partial charge in [0.25, 0.3) is 0 Å². The van der Waals surface area contributed by atoms with E-state index in [1.165, 1.54) is 12.8 Å². The molecule has 1 aliphatic rings. The van der Waals surface area contributed by atoms with E-state index in [9.17, 15) is 4.79 Å². The van der Waals surface area contributed by atoms with Gasteiger partial charge >= 0.3 is 0 Å². The zero-order valence-corrected chi connectivity index (χ0v) is 12.1. The first-order valence-corrected chi connectivity index (χ1v) is 7.28. The van der Waals surface area contributed by atoms with E-state index in [0.717, 1.165) is 32.6 Å². The van der Waals surface area contributed by atoms with Crippen LogP contribution in [-0.2, 0) is 4.79 Å². The summed E-state index contributed by atoms with van der Waals surface area (Å²) in [5.41, 5.74) is 5.86. The molecule has 0 aromatic carbocycles. The molecule has 1 amide bonds. The minimum Gasteiger partial charge on any atom is -0.354 e. The molecule has 1 atom stereocenters. The molecule has 4 heteroatoms. The van der Waals surface area contributed by atoms with Crippen molar-refractivity contribution in [1.29, 1.82) is 0 Å². The van der Waals surface area contributed by atoms with E-state index in [1.54, 1.807) is 0 Å². The SMILES string of the molecule is CCN1CCC(CNC(=O)[C@@H](N)CC(C)C)CC1. The smallest absolute Gasteiger partial charge is 0.236 e. The third-order valence-corrected chi connectivity index (χ3v) is 3.78. The van der Waals surface area contributed by atoms with Crippen molar-refractivity contribution in [2.24, 2.45) is 17.6 Å². The molecule has 106 valence electrons. The normalized spacial score (nSPS) is 20.1. The molecular formula is C14H29N3O. The maximum Gasteiger partial charge on any atom is 0.236 e. The quantitative estimate of drug-likeness (QED) is 0.750. The monoisotopic (exact) mass is 255 g/mol. The Morgan fingerprint density at radius 3 is 2.50 bits per heavy atom. The molecule has 0 aliphatic carbocycles. The fourth-order valence-corrected chi connectivity index (χ4v) is 2.50. The lowest BCUT2D eigenvalue weighted by Crippen LogP contribution is -2.44. The minimum absolute atomic E-state index is 0.0154. The zero-order chi connectivity index (χ0) is 13.5. The fourth-order valence-electron chi connectivity index (χ4n) is 2.50. The number of nitrogens with zero attached hydrogens (tertiary/aromatic N) is 1. The second-order valence-electron chi connectivity index (χ2n) is 5.86. The van der Waals surface area contributed by atoms with Gasteiger partial charge in [-0.2, -0.15) is 0 Å². The van der Waals surface area contributed by atoms with Crippen molar-refractivity contribution in [2.75, 3.05) is 26.2 Å². The standard InChI is InChI=1S/C14H29N3O/c1-4-17-7-5-12(6-8-17)10-16-14(18)13(15)9-11(2)3/h11-13H,4-10,15H2,1-3H3,(H,16,18)/t13-/m0/s1. The predicted octanol–water partition coefficient (Wildman–Crippen LogP) is 1.21. The third-order valence-electron chi connectivity index (χ3n) is 3.78. The van der Waals surface area contributed by atoms with Crippen LogP contribution in [0.25, 0.3) is 0 Å². The highest BCUT2D eigenvalue weighted by Gasteiger charge is 2.20. The largest absolute Gasteiger partial charge is 0.354 e. The van der Waals surface area contributed by atoms with Crippen LogP contribution in [0.2, 0.25) is 0 Å². The summed E-state index contributed by atoms with van der Waals surface area (Å²) in [5.74, 6) is 1.11. The van der Waals surface area contributed by atoms with Crippen LogP contribution in [-0.4, -0.2) is 43.0 Å².